The first-order valence-corrected chi connectivity index (χ1v) is 10.2. The number of piperazine rings is 1. The number of rotatable bonds is 0. The molecule has 1 saturated heterocycles. The molecule has 25 heavy (non-hydrogen) atoms. The summed E-state index contributed by atoms with van der Waals surface area (Å²) in [5.74, 6) is 0. The summed E-state index contributed by atoms with van der Waals surface area (Å²) in [6, 6.07) is 20.8. The summed E-state index contributed by atoms with van der Waals surface area (Å²) in [7, 11) is 0. The molecule has 0 saturated carbocycles. The third kappa shape index (κ3) is 5.90. The van der Waals surface area contributed by atoms with Crippen LogP contribution in [0, 0.1) is 0 Å². The quantitative estimate of drug-likeness (QED) is 0.415. The summed E-state index contributed by atoms with van der Waals surface area (Å²) in [5.41, 5.74) is 2.41. The molecule has 3 nitrogen and oxygen atoms in total. The van der Waals surface area contributed by atoms with E-state index in [0.717, 1.165) is 26.2 Å². The van der Waals surface area contributed by atoms with E-state index >= 15 is 0 Å². The number of para-hydroxylation sites is 2. The Bertz CT molecular complexity index is 624. The molecule has 0 spiro atoms. The van der Waals surface area contributed by atoms with E-state index in [1.54, 1.807) is 11.3 Å². The van der Waals surface area contributed by atoms with Gasteiger partial charge in [0.15, 0.2) is 0 Å². The van der Waals surface area contributed by atoms with Crippen molar-refractivity contribution in [1.82, 2.24) is 10.6 Å². The molecule has 0 amide bonds. The van der Waals surface area contributed by atoms with Crippen molar-refractivity contribution in [2.75, 3.05) is 31.5 Å². The Balaban J connectivity index is 0.000000136. The molecule has 5 rings (SSSR count). The molecule has 0 radical (unpaired) electrons. The average molecular weight is 370 g/mol. The topological polar surface area (TPSA) is 36.1 Å². The highest BCUT2D eigenvalue weighted by molar-refractivity contribution is 7.99. The molecule has 2 aliphatic heterocycles. The number of benzene rings is 2. The monoisotopic (exact) mass is 369 g/mol. The molecular weight excluding hydrogens is 346 g/mol. The molecule has 1 aromatic heterocycles. The zero-order chi connectivity index (χ0) is 17.2. The minimum Gasteiger partial charge on any atom is -0.354 e. The van der Waals surface area contributed by atoms with E-state index in [9.17, 15) is 0 Å². The van der Waals surface area contributed by atoms with Gasteiger partial charge in [0, 0.05) is 36.0 Å². The van der Waals surface area contributed by atoms with Gasteiger partial charge in [0.1, 0.15) is 0 Å². The number of fused-ring (bicyclic) bond motifs is 2. The van der Waals surface area contributed by atoms with Gasteiger partial charge in [-0.2, -0.15) is 11.3 Å². The number of nitrogens with one attached hydrogen (secondary N) is 3. The molecule has 5 heteroatoms. The first-order valence-electron chi connectivity index (χ1n) is 8.45. The van der Waals surface area contributed by atoms with Crippen LogP contribution in [-0.4, -0.2) is 26.2 Å². The molecule has 0 unspecified atom stereocenters. The highest BCUT2D eigenvalue weighted by Gasteiger charge is 2.13. The molecule has 130 valence electrons. The fraction of sp³-hybridized carbons (Fsp3) is 0.200. The summed E-state index contributed by atoms with van der Waals surface area (Å²) in [6.07, 6.45) is 0. The van der Waals surface area contributed by atoms with Crippen molar-refractivity contribution in [3.05, 3.63) is 71.4 Å². The van der Waals surface area contributed by atoms with Crippen molar-refractivity contribution in [2.45, 2.75) is 9.79 Å². The normalized spacial score (nSPS) is 14.4. The van der Waals surface area contributed by atoms with Crippen molar-refractivity contribution < 1.29 is 0 Å². The van der Waals surface area contributed by atoms with E-state index in [-0.39, 0.29) is 0 Å². The molecule has 3 N–H and O–H groups in total. The maximum absolute atomic E-state index is 3.42. The summed E-state index contributed by atoms with van der Waals surface area (Å²) in [4.78, 5) is 2.59. The lowest BCUT2D eigenvalue weighted by Crippen LogP contribution is -2.39. The van der Waals surface area contributed by atoms with Crippen LogP contribution in [0.5, 0.6) is 0 Å². The van der Waals surface area contributed by atoms with Gasteiger partial charge in [-0.25, -0.2) is 0 Å². The maximum atomic E-state index is 3.42. The largest absolute Gasteiger partial charge is 0.354 e. The van der Waals surface area contributed by atoms with Crippen LogP contribution in [0.15, 0.2) is 81.2 Å². The van der Waals surface area contributed by atoms with Gasteiger partial charge in [0.2, 0.25) is 0 Å². The Morgan fingerprint density at radius 1 is 0.600 bits per heavy atom. The van der Waals surface area contributed by atoms with Crippen LogP contribution in [0.1, 0.15) is 0 Å². The maximum Gasteiger partial charge on any atom is 0.0526 e. The van der Waals surface area contributed by atoms with Crippen LogP contribution in [-0.2, 0) is 0 Å². The highest BCUT2D eigenvalue weighted by atomic mass is 32.2. The van der Waals surface area contributed by atoms with E-state index in [1.165, 1.54) is 21.2 Å². The van der Waals surface area contributed by atoms with E-state index < -0.39 is 0 Å². The summed E-state index contributed by atoms with van der Waals surface area (Å²) in [5, 5.41) is 13.9. The third-order valence-electron chi connectivity index (χ3n) is 3.65. The van der Waals surface area contributed by atoms with Gasteiger partial charge in [0.25, 0.3) is 0 Å². The summed E-state index contributed by atoms with van der Waals surface area (Å²) in [6.45, 7) is 4.56. The van der Waals surface area contributed by atoms with Gasteiger partial charge in [-0.05, 0) is 35.0 Å². The number of anilines is 2. The highest BCUT2D eigenvalue weighted by Crippen LogP contribution is 2.43. The van der Waals surface area contributed by atoms with Gasteiger partial charge < -0.3 is 16.0 Å². The zero-order valence-corrected chi connectivity index (χ0v) is 15.7. The smallest absolute Gasteiger partial charge is 0.0526 e. The van der Waals surface area contributed by atoms with E-state index in [1.807, 2.05) is 34.7 Å². The van der Waals surface area contributed by atoms with Crippen molar-refractivity contribution >= 4 is 34.5 Å². The first kappa shape index (κ1) is 18.0. The van der Waals surface area contributed by atoms with Crippen LogP contribution in [0.4, 0.5) is 11.4 Å². The number of hydrogen-bond donors (Lipinski definition) is 3. The Morgan fingerprint density at radius 2 is 1.08 bits per heavy atom. The molecular formula is C20H23N3S2. The Morgan fingerprint density at radius 3 is 1.48 bits per heavy atom. The molecule has 1 fully saturated rings. The Kier molecular flexibility index (Phi) is 7.39. The predicted molar refractivity (Wildman–Crippen MR) is 110 cm³/mol. The molecule has 0 bridgehead atoms. The average Bonchev–Trinajstić information content (AvgIpc) is 3.28. The van der Waals surface area contributed by atoms with Crippen molar-refractivity contribution in [3.63, 3.8) is 0 Å². The lowest BCUT2D eigenvalue weighted by Gasteiger charge is -2.19. The summed E-state index contributed by atoms with van der Waals surface area (Å²) >= 11 is 3.53. The van der Waals surface area contributed by atoms with Crippen LogP contribution in [0.25, 0.3) is 0 Å². The van der Waals surface area contributed by atoms with Crippen LogP contribution in [0.2, 0.25) is 0 Å². The lowest BCUT2D eigenvalue weighted by molar-refractivity contribution is 0.534. The fourth-order valence-corrected chi connectivity index (χ4v) is 3.85. The molecule has 2 aromatic carbocycles. The van der Waals surface area contributed by atoms with E-state index in [4.69, 9.17) is 0 Å². The Hall–Kier alpha value is -1.79. The van der Waals surface area contributed by atoms with Gasteiger partial charge >= 0.3 is 0 Å². The zero-order valence-electron chi connectivity index (χ0n) is 14.1. The molecule has 0 atom stereocenters. The van der Waals surface area contributed by atoms with E-state index in [2.05, 4.69) is 64.5 Å². The van der Waals surface area contributed by atoms with Crippen LogP contribution in [0.3, 0.4) is 0 Å². The van der Waals surface area contributed by atoms with Crippen molar-refractivity contribution in [1.29, 1.82) is 0 Å². The van der Waals surface area contributed by atoms with Crippen LogP contribution >= 0.6 is 23.1 Å². The second-order valence-electron chi connectivity index (χ2n) is 5.51. The van der Waals surface area contributed by atoms with Crippen molar-refractivity contribution in [3.8, 4) is 0 Å². The van der Waals surface area contributed by atoms with Gasteiger partial charge in [0.05, 0.1) is 11.4 Å². The minimum atomic E-state index is 1.14. The summed E-state index contributed by atoms with van der Waals surface area (Å²) < 4.78 is 0. The van der Waals surface area contributed by atoms with Crippen molar-refractivity contribution in [2.24, 2.45) is 0 Å². The second kappa shape index (κ2) is 10.3. The number of hydrogen-bond acceptors (Lipinski definition) is 5. The van der Waals surface area contributed by atoms with Gasteiger partial charge in [-0.15, -0.1) is 0 Å². The number of thiophene rings is 1. The standard InChI is InChI=1S/C12H9NS.C4H10N2.C4H4S/c1-3-7-11-9(5-1)13-10-6-2-4-8-12(10)14-11;1-2-6-4-3-5-1;1-2-4-5-3-1/h1-8,13H;5-6H,1-4H2;1-4H. The fourth-order valence-electron chi connectivity index (χ4n) is 2.41. The molecule has 2 aliphatic rings. The van der Waals surface area contributed by atoms with E-state index in [0.29, 0.717) is 0 Å². The molecule has 0 aliphatic carbocycles. The lowest BCUT2D eigenvalue weighted by atomic mass is 10.2. The minimum absolute atomic E-state index is 1.14. The second-order valence-corrected chi connectivity index (χ2v) is 7.41. The Labute approximate surface area is 157 Å². The third-order valence-corrected chi connectivity index (χ3v) is 5.43. The predicted octanol–water partition coefficient (Wildman–Crippen LogP) is 4.82. The van der Waals surface area contributed by atoms with Gasteiger partial charge in [-0.3, -0.25) is 0 Å². The van der Waals surface area contributed by atoms with Crippen LogP contribution < -0.4 is 16.0 Å². The van der Waals surface area contributed by atoms with Gasteiger partial charge in [-0.1, -0.05) is 48.2 Å². The molecule has 3 heterocycles. The SMILES string of the molecule is C1CNCCN1.c1ccc2c(c1)Nc1ccccc1S2.c1ccsc1. The first-order chi connectivity index (χ1) is 12.4. The molecule has 3 aromatic rings.